The van der Waals surface area contributed by atoms with Gasteiger partial charge in [0.15, 0.2) is 0 Å². The summed E-state index contributed by atoms with van der Waals surface area (Å²) in [7, 11) is 0. The molecule has 0 saturated heterocycles. The van der Waals surface area contributed by atoms with Crippen molar-refractivity contribution in [3.05, 3.63) is 25.3 Å². The van der Waals surface area contributed by atoms with E-state index in [9.17, 15) is 0 Å². The molecule has 70 valence electrons. The van der Waals surface area contributed by atoms with Crippen LogP contribution in [-0.2, 0) is 0 Å². The summed E-state index contributed by atoms with van der Waals surface area (Å²) in [5.41, 5.74) is 0. The molecular weight excluding hydrogens is 207 g/mol. The molecule has 0 radical (unpaired) electrons. The quantitative estimate of drug-likeness (QED) is 0.259. The molecule has 0 aliphatic carbocycles. The Bertz CT molecular complexity index is 143. The molecule has 0 atom stereocenters. The minimum absolute atomic E-state index is 0.796. The lowest BCUT2D eigenvalue weighted by Gasteiger charge is -2.13. The lowest BCUT2D eigenvalue weighted by atomic mass is 10.2. The number of rotatable bonds is 7. The summed E-state index contributed by atoms with van der Waals surface area (Å²) in [5.74, 6) is 0. The maximum atomic E-state index is 6.12. The average Bonchev–Trinajstić information content (AvgIpc) is 1.98. The molecule has 0 aromatic rings. The standard InChI is InChI=1S/C9H16Cl2Si/c1-3-5-6-7-9-12(10,11)8-4-2/h3-4H,1-2,5-9H2. The topological polar surface area (TPSA) is 0 Å². The third kappa shape index (κ3) is 6.95. The zero-order valence-electron chi connectivity index (χ0n) is 7.36. The summed E-state index contributed by atoms with van der Waals surface area (Å²) in [4.78, 5) is 0. The van der Waals surface area contributed by atoms with Crippen molar-refractivity contribution in [1.82, 2.24) is 0 Å². The van der Waals surface area contributed by atoms with E-state index in [2.05, 4.69) is 13.2 Å². The molecule has 0 spiro atoms. The molecule has 0 heterocycles. The molecule has 0 fully saturated rings. The van der Waals surface area contributed by atoms with Crippen LogP contribution in [0, 0.1) is 0 Å². The third-order valence-electron chi connectivity index (χ3n) is 1.64. The Morgan fingerprint density at radius 2 is 1.75 bits per heavy atom. The second kappa shape index (κ2) is 6.76. The van der Waals surface area contributed by atoms with Crippen LogP contribution in [0.4, 0.5) is 0 Å². The van der Waals surface area contributed by atoms with E-state index in [1.165, 1.54) is 0 Å². The molecule has 0 unspecified atom stereocenters. The van der Waals surface area contributed by atoms with Crippen molar-refractivity contribution in [2.45, 2.75) is 31.4 Å². The van der Waals surface area contributed by atoms with Crippen LogP contribution < -0.4 is 0 Å². The van der Waals surface area contributed by atoms with E-state index < -0.39 is 6.69 Å². The summed E-state index contributed by atoms with van der Waals surface area (Å²) < 4.78 is 0. The number of hydrogen-bond donors (Lipinski definition) is 0. The van der Waals surface area contributed by atoms with Crippen molar-refractivity contribution in [3.63, 3.8) is 0 Å². The third-order valence-corrected chi connectivity index (χ3v) is 5.67. The van der Waals surface area contributed by atoms with Gasteiger partial charge in [-0.1, -0.05) is 25.0 Å². The molecule has 0 aliphatic heterocycles. The van der Waals surface area contributed by atoms with E-state index in [0.29, 0.717) is 0 Å². The van der Waals surface area contributed by atoms with Crippen molar-refractivity contribution >= 4 is 28.9 Å². The minimum atomic E-state index is -1.96. The number of allylic oxidation sites excluding steroid dienone is 2. The Balaban J connectivity index is 3.45. The van der Waals surface area contributed by atoms with Gasteiger partial charge in [-0.25, -0.2) is 0 Å². The SMILES string of the molecule is C=CCCCC[Si](Cl)(Cl)CC=C. The van der Waals surface area contributed by atoms with Gasteiger partial charge in [-0.3, -0.25) is 0 Å². The number of unbranched alkanes of at least 4 members (excludes halogenated alkanes) is 2. The Morgan fingerprint density at radius 1 is 1.08 bits per heavy atom. The molecular formula is C9H16Cl2Si. The second-order valence-electron chi connectivity index (χ2n) is 2.88. The van der Waals surface area contributed by atoms with Crippen LogP contribution in [0.1, 0.15) is 19.3 Å². The normalized spacial score (nSPS) is 11.2. The maximum Gasteiger partial charge on any atom is 0.254 e. The van der Waals surface area contributed by atoms with Gasteiger partial charge < -0.3 is 0 Å². The molecule has 12 heavy (non-hydrogen) atoms. The van der Waals surface area contributed by atoms with E-state index in [-0.39, 0.29) is 0 Å². The highest BCUT2D eigenvalue weighted by Gasteiger charge is 2.25. The van der Waals surface area contributed by atoms with Gasteiger partial charge in [0.25, 0.3) is 6.69 Å². The van der Waals surface area contributed by atoms with Crippen LogP contribution in [0.3, 0.4) is 0 Å². The summed E-state index contributed by atoms with van der Waals surface area (Å²) in [6.07, 6.45) is 7.07. The van der Waals surface area contributed by atoms with Gasteiger partial charge in [-0.2, -0.15) is 0 Å². The van der Waals surface area contributed by atoms with E-state index >= 15 is 0 Å². The molecule has 0 bridgehead atoms. The van der Waals surface area contributed by atoms with Crippen LogP contribution in [0.25, 0.3) is 0 Å². The molecule has 0 aromatic heterocycles. The second-order valence-corrected chi connectivity index (χ2v) is 10.4. The lowest BCUT2D eigenvalue weighted by molar-refractivity contribution is 0.808. The van der Waals surface area contributed by atoms with Gasteiger partial charge in [0.2, 0.25) is 0 Å². The first-order valence-electron chi connectivity index (χ1n) is 4.22. The molecule has 0 rings (SSSR count). The van der Waals surface area contributed by atoms with E-state index in [4.69, 9.17) is 22.2 Å². The highest BCUT2D eigenvalue weighted by molar-refractivity contribution is 7.45. The largest absolute Gasteiger partial charge is 0.254 e. The molecule has 0 nitrogen and oxygen atoms in total. The Labute approximate surface area is 85.7 Å². The summed E-state index contributed by atoms with van der Waals surface area (Å²) in [6, 6.07) is 1.76. The predicted octanol–water partition coefficient (Wildman–Crippen LogP) is 4.45. The number of halogens is 2. The fraction of sp³-hybridized carbons (Fsp3) is 0.556. The Hall–Kier alpha value is 0.277. The monoisotopic (exact) mass is 222 g/mol. The van der Waals surface area contributed by atoms with Crippen molar-refractivity contribution in [2.24, 2.45) is 0 Å². The molecule has 0 saturated carbocycles. The molecule has 0 N–H and O–H groups in total. The van der Waals surface area contributed by atoms with Gasteiger partial charge >= 0.3 is 0 Å². The van der Waals surface area contributed by atoms with Crippen molar-refractivity contribution < 1.29 is 0 Å². The lowest BCUT2D eigenvalue weighted by Crippen LogP contribution is -2.16. The summed E-state index contributed by atoms with van der Waals surface area (Å²) in [5, 5.41) is 0. The minimum Gasteiger partial charge on any atom is -0.146 e. The summed E-state index contributed by atoms with van der Waals surface area (Å²) >= 11 is 12.2. The smallest absolute Gasteiger partial charge is 0.146 e. The van der Waals surface area contributed by atoms with Crippen LogP contribution in [0.5, 0.6) is 0 Å². The fourth-order valence-electron chi connectivity index (χ4n) is 0.986. The van der Waals surface area contributed by atoms with E-state index in [0.717, 1.165) is 31.4 Å². The van der Waals surface area contributed by atoms with Crippen LogP contribution in [0.15, 0.2) is 25.3 Å². The average molecular weight is 223 g/mol. The molecule has 0 aromatic carbocycles. The molecule has 3 heteroatoms. The first-order valence-corrected chi connectivity index (χ1v) is 8.66. The van der Waals surface area contributed by atoms with E-state index in [1.807, 2.05) is 12.2 Å². The first-order chi connectivity index (χ1) is 5.62. The zero-order valence-corrected chi connectivity index (χ0v) is 9.87. The zero-order chi connectivity index (χ0) is 9.45. The van der Waals surface area contributed by atoms with Gasteiger partial charge in [0.1, 0.15) is 0 Å². The van der Waals surface area contributed by atoms with Gasteiger partial charge in [0.05, 0.1) is 0 Å². The van der Waals surface area contributed by atoms with Gasteiger partial charge in [0, 0.05) is 0 Å². The first kappa shape index (κ1) is 12.3. The van der Waals surface area contributed by atoms with Crippen LogP contribution >= 0.6 is 22.2 Å². The van der Waals surface area contributed by atoms with Gasteiger partial charge in [-0.15, -0.1) is 35.3 Å². The highest BCUT2D eigenvalue weighted by Crippen LogP contribution is 2.28. The van der Waals surface area contributed by atoms with Gasteiger partial charge in [-0.05, 0) is 18.5 Å². The molecule has 0 amide bonds. The Morgan fingerprint density at radius 3 is 2.25 bits per heavy atom. The van der Waals surface area contributed by atoms with Crippen molar-refractivity contribution in [2.75, 3.05) is 0 Å². The number of hydrogen-bond acceptors (Lipinski definition) is 0. The van der Waals surface area contributed by atoms with Crippen molar-refractivity contribution in [1.29, 1.82) is 0 Å². The highest BCUT2D eigenvalue weighted by atomic mass is 35.7. The van der Waals surface area contributed by atoms with Crippen molar-refractivity contribution in [3.8, 4) is 0 Å². The molecule has 0 aliphatic rings. The maximum absolute atomic E-state index is 6.12. The van der Waals surface area contributed by atoms with E-state index in [1.54, 1.807) is 0 Å². The van der Waals surface area contributed by atoms with Crippen LogP contribution in [0.2, 0.25) is 12.1 Å². The Kier molecular flexibility index (Phi) is 6.91. The fourth-order valence-corrected chi connectivity index (χ4v) is 3.84. The summed E-state index contributed by atoms with van der Waals surface area (Å²) in [6.45, 7) is 5.34. The van der Waals surface area contributed by atoms with Crippen LogP contribution in [-0.4, -0.2) is 6.69 Å². The predicted molar refractivity (Wildman–Crippen MR) is 61.3 cm³/mol.